The summed E-state index contributed by atoms with van der Waals surface area (Å²) in [6.45, 7) is 6.56. The van der Waals surface area contributed by atoms with Gasteiger partial charge in [0.25, 0.3) is 11.4 Å². The third-order valence-electron chi connectivity index (χ3n) is 5.60. The molecule has 0 aliphatic carbocycles. The van der Waals surface area contributed by atoms with Crippen LogP contribution in [0.4, 0.5) is 29.3 Å². The van der Waals surface area contributed by atoms with Crippen molar-refractivity contribution >= 4 is 17.5 Å². The number of hydrogen-bond donors (Lipinski definition) is 0. The van der Waals surface area contributed by atoms with Gasteiger partial charge in [-0.3, -0.25) is 20.2 Å². The minimum Gasteiger partial charge on any atom is -0.454 e. The second-order valence-corrected chi connectivity index (χ2v) is 9.73. The second-order valence-electron chi connectivity index (χ2n) is 9.73. The summed E-state index contributed by atoms with van der Waals surface area (Å²) in [6, 6.07) is 10.9. The minimum atomic E-state index is -1.21. The molecule has 0 atom stereocenters. The first kappa shape index (κ1) is 29.9. The van der Waals surface area contributed by atoms with Crippen molar-refractivity contribution < 1.29 is 37.3 Å². The zero-order chi connectivity index (χ0) is 29.6. The Labute approximate surface area is 227 Å². The molecule has 1 aliphatic heterocycles. The lowest BCUT2D eigenvalue weighted by molar-refractivity contribution is -0.385. The van der Waals surface area contributed by atoms with Crippen molar-refractivity contribution in [1.29, 1.82) is 0 Å². The molecule has 4 rings (SSSR count). The average Bonchev–Trinajstić information content (AvgIpc) is 3.08. The maximum absolute atomic E-state index is 14.1. The van der Waals surface area contributed by atoms with Gasteiger partial charge in [-0.1, -0.05) is 6.07 Å². The van der Waals surface area contributed by atoms with E-state index in [1.54, 1.807) is 11.0 Å². The lowest BCUT2D eigenvalue weighted by Gasteiger charge is -2.26. The molecule has 0 saturated heterocycles. The number of ether oxygens (including phenoxy) is 2. The molecule has 0 N–H and O–H groups in total. The topological polar surface area (TPSA) is 125 Å². The molecule has 0 radical (unpaired) electrons. The van der Waals surface area contributed by atoms with E-state index in [4.69, 9.17) is 9.47 Å². The molecule has 1 amide bonds. The molecule has 212 valence electrons. The molecule has 0 aromatic heterocycles. The van der Waals surface area contributed by atoms with Crippen molar-refractivity contribution in [2.75, 3.05) is 13.1 Å². The van der Waals surface area contributed by atoms with Crippen LogP contribution >= 0.6 is 0 Å². The van der Waals surface area contributed by atoms with Crippen molar-refractivity contribution in [2.45, 2.75) is 39.2 Å². The summed E-state index contributed by atoms with van der Waals surface area (Å²) in [5.74, 6) is -2.75. The van der Waals surface area contributed by atoms with Gasteiger partial charge in [-0.2, -0.15) is 0 Å². The fourth-order valence-corrected chi connectivity index (χ4v) is 3.69. The zero-order valence-corrected chi connectivity index (χ0v) is 21.9. The molecule has 3 aromatic rings. The monoisotopic (exact) mass is 561 g/mol. The first-order chi connectivity index (χ1) is 18.7. The number of amides is 1. The fourth-order valence-electron chi connectivity index (χ4n) is 3.69. The molecule has 13 heteroatoms. The van der Waals surface area contributed by atoms with Gasteiger partial charge in [0.05, 0.1) is 22.0 Å². The van der Waals surface area contributed by atoms with Gasteiger partial charge in [0.15, 0.2) is 23.2 Å². The molecule has 0 saturated carbocycles. The van der Waals surface area contributed by atoms with E-state index in [9.17, 15) is 38.2 Å². The van der Waals surface area contributed by atoms with Crippen molar-refractivity contribution in [3.05, 3.63) is 103 Å². The molecular weight excluding hydrogens is 535 g/mol. The van der Waals surface area contributed by atoms with Crippen molar-refractivity contribution in [1.82, 2.24) is 4.90 Å². The van der Waals surface area contributed by atoms with Gasteiger partial charge in [-0.15, -0.1) is 0 Å². The van der Waals surface area contributed by atoms with Crippen molar-refractivity contribution in [3.63, 3.8) is 0 Å². The van der Waals surface area contributed by atoms with Crippen LogP contribution < -0.4 is 4.74 Å². The van der Waals surface area contributed by atoms with Gasteiger partial charge in [0.1, 0.15) is 11.4 Å². The van der Waals surface area contributed by atoms with Crippen molar-refractivity contribution in [3.8, 4) is 11.5 Å². The number of fused-ring (bicyclic) bond motifs is 1. The highest BCUT2D eigenvalue weighted by Gasteiger charge is 2.24. The maximum atomic E-state index is 14.1. The van der Waals surface area contributed by atoms with E-state index in [2.05, 4.69) is 0 Å². The standard InChI is InChI=1S/C21H23FN2O5.C6H3F2NO2/c1-21(2,3)29-20(25)23-10-8-14-4-6-17(12-15(14)9-11-23)28-19-7-5-16(24(26)27)13-18(19)22;7-5-2-1-4(9(10)11)3-6(5)8/h4-7,12-13H,8-11H2,1-3H3;1-3H. The third-order valence-corrected chi connectivity index (χ3v) is 5.60. The summed E-state index contributed by atoms with van der Waals surface area (Å²) in [6.07, 6.45) is 0.963. The summed E-state index contributed by atoms with van der Waals surface area (Å²) < 4.78 is 49.5. The predicted octanol–water partition coefficient (Wildman–Crippen LogP) is 6.73. The predicted molar refractivity (Wildman–Crippen MR) is 138 cm³/mol. The van der Waals surface area contributed by atoms with E-state index >= 15 is 0 Å². The Morgan fingerprint density at radius 3 is 1.93 bits per heavy atom. The second kappa shape index (κ2) is 12.5. The van der Waals surface area contributed by atoms with Crippen LogP contribution in [0, 0.1) is 37.7 Å². The summed E-state index contributed by atoms with van der Waals surface area (Å²) >= 11 is 0. The Bertz CT molecular complexity index is 1430. The molecule has 0 unspecified atom stereocenters. The molecule has 0 bridgehead atoms. The molecule has 1 heterocycles. The Morgan fingerprint density at radius 1 is 0.800 bits per heavy atom. The van der Waals surface area contributed by atoms with Gasteiger partial charge in [-0.25, -0.2) is 18.0 Å². The highest BCUT2D eigenvalue weighted by Crippen LogP contribution is 2.30. The highest BCUT2D eigenvalue weighted by molar-refractivity contribution is 5.68. The molecular formula is C27H26F3N3O7. The van der Waals surface area contributed by atoms with Gasteiger partial charge in [-0.05, 0) is 69.0 Å². The van der Waals surface area contributed by atoms with Crippen LogP contribution in [0.1, 0.15) is 31.9 Å². The largest absolute Gasteiger partial charge is 0.454 e. The number of carbonyl (C=O) groups is 1. The Morgan fingerprint density at radius 2 is 1.38 bits per heavy atom. The molecule has 3 aromatic carbocycles. The SMILES string of the molecule is CC(C)(C)OC(=O)N1CCc2ccc(Oc3ccc([N+](=O)[O-])cc3F)cc2CC1.O=[N+]([O-])c1ccc(F)c(F)c1. The summed E-state index contributed by atoms with van der Waals surface area (Å²) in [4.78, 5) is 33.3. The average molecular weight is 562 g/mol. The number of benzene rings is 3. The third kappa shape index (κ3) is 8.16. The van der Waals surface area contributed by atoms with Crippen molar-refractivity contribution in [2.24, 2.45) is 0 Å². The molecule has 0 fully saturated rings. The van der Waals surface area contributed by atoms with E-state index < -0.39 is 38.6 Å². The number of nitrogens with zero attached hydrogens (tertiary/aromatic N) is 3. The van der Waals surface area contributed by atoms with Crippen LogP contribution in [0.2, 0.25) is 0 Å². The van der Waals surface area contributed by atoms with Crippen LogP contribution in [0.3, 0.4) is 0 Å². The molecule has 0 spiro atoms. The Hall–Kier alpha value is -4.68. The molecule has 40 heavy (non-hydrogen) atoms. The number of rotatable bonds is 4. The summed E-state index contributed by atoms with van der Waals surface area (Å²) in [5, 5.41) is 20.7. The van der Waals surface area contributed by atoms with Crippen LogP contribution in [0.5, 0.6) is 11.5 Å². The minimum absolute atomic E-state index is 0.0837. The number of non-ortho nitro benzene ring substituents is 2. The van der Waals surface area contributed by atoms with Gasteiger partial charge >= 0.3 is 6.09 Å². The summed E-state index contributed by atoms with van der Waals surface area (Å²) in [7, 11) is 0. The Kier molecular flexibility index (Phi) is 9.30. The number of hydrogen-bond acceptors (Lipinski definition) is 7. The number of halogens is 3. The van der Waals surface area contributed by atoms with Crippen LogP contribution in [-0.4, -0.2) is 39.5 Å². The van der Waals surface area contributed by atoms with E-state index in [-0.39, 0.29) is 17.5 Å². The first-order valence-electron chi connectivity index (χ1n) is 12.0. The van der Waals surface area contributed by atoms with Gasteiger partial charge in [0.2, 0.25) is 0 Å². The number of nitro groups is 2. The van der Waals surface area contributed by atoms with E-state index in [0.717, 1.165) is 23.3 Å². The van der Waals surface area contributed by atoms with Gasteiger partial charge < -0.3 is 14.4 Å². The lowest BCUT2D eigenvalue weighted by Crippen LogP contribution is -2.38. The maximum Gasteiger partial charge on any atom is 0.410 e. The zero-order valence-electron chi connectivity index (χ0n) is 21.9. The van der Waals surface area contributed by atoms with E-state index in [1.807, 2.05) is 32.9 Å². The van der Waals surface area contributed by atoms with Crippen LogP contribution in [-0.2, 0) is 17.6 Å². The number of nitro benzene ring substituents is 2. The normalized spacial score (nSPS) is 12.8. The molecule has 10 nitrogen and oxygen atoms in total. The van der Waals surface area contributed by atoms with Crippen LogP contribution in [0.15, 0.2) is 54.6 Å². The first-order valence-corrected chi connectivity index (χ1v) is 12.0. The van der Waals surface area contributed by atoms with E-state index in [0.29, 0.717) is 43.8 Å². The summed E-state index contributed by atoms with van der Waals surface area (Å²) in [5.41, 5.74) is 0.762. The smallest absolute Gasteiger partial charge is 0.410 e. The molecule has 1 aliphatic rings. The number of carbonyl (C=O) groups excluding carboxylic acids is 1. The van der Waals surface area contributed by atoms with Gasteiger partial charge in [0, 0.05) is 25.2 Å². The fraction of sp³-hybridized carbons (Fsp3) is 0.296. The Balaban J connectivity index is 0.000000336. The van der Waals surface area contributed by atoms with Crippen LogP contribution in [0.25, 0.3) is 0 Å². The van der Waals surface area contributed by atoms with E-state index in [1.165, 1.54) is 12.1 Å². The highest BCUT2D eigenvalue weighted by atomic mass is 19.2. The quantitative estimate of drug-likeness (QED) is 0.255. The lowest BCUT2D eigenvalue weighted by atomic mass is 10.0.